The Morgan fingerprint density at radius 3 is 2.27 bits per heavy atom. The highest BCUT2D eigenvalue weighted by atomic mass is 35.5. The zero-order chi connectivity index (χ0) is 22.1. The molecule has 1 heterocycles. The molecule has 1 aromatic heterocycles. The van der Waals surface area contributed by atoms with Crippen LogP contribution < -0.4 is 9.44 Å². The number of aryl methyl sites for hydroxylation is 2. The maximum absolute atomic E-state index is 13.4. The summed E-state index contributed by atoms with van der Waals surface area (Å²) in [7, 11) is -8.05. The van der Waals surface area contributed by atoms with Gasteiger partial charge < -0.3 is 0 Å². The Hall–Kier alpha value is -2.14. The van der Waals surface area contributed by atoms with Crippen molar-refractivity contribution in [2.45, 2.75) is 29.4 Å². The molecule has 0 aliphatic rings. The predicted octanol–water partition coefficient (Wildman–Crippen LogP) is 5.01. The van der Waals surface area contributed by atoms with E-state index in [0.29, 0.717) is 6.42 Å². The summed E-state index contributed by atoms with van der Waals surface area (Å²) < 4.78 is 69.3. The average Bonchev–Trinajstić information content (AvgIpc) is 3.21. The summed E-state index contributed by atoms with van der Waals surface area (Å²) in [5.74, 6) is -0.747. The molecule has 30 heavy (non-hydrogen) atoms. The highest BCUT2D eigenvalue weighted by molar-refractivity contribution is 7.94. The first kappa shape index (κ1) is 22.5. The van der Waals surface area contributed by atoms with Gasteiger partial charge in [0.2, 0.25) is 0 Å². The normalized spacial score (nSPS) is 12.0. The van der Waals surface area contributed by atoms with Gasteiger partial charge in [0.25, 0.3) is 20.0 Å². The number of anilines is 2. The van der Waals surface area contributed by atoms with Crippen LogP contribution in [0.1, 0.15) is 18.1 Å². The van der Waals surface area contributed by atoms with E-state index >= 15 is 0 Å². The third kappa shape index (κ3) is 4.77. The van der Waals surface area contributed by atoms with Crippen LogP contribution in [0.15, 0.2) is 56.9 Å². The summed E-state index contributed by atoms with van der Waals surface area (Å²) in [5, 5.41) is 1.29. The third-order valence-electron chi connectivity index (χ3n) is 4.31. The van der Waals surface area contributed by atoms with Gasteiger partial charge in [-0.05, 0) is 66.2 Å². The molecule has 0 unspecified atom stereocenters. The second-order valence-electron chi connectivity index (χ2n) is 6.40. The summed E-state index contributed by atoms with van der Waals surface area (Å²) in [6.07, 6.45) is 0.612. The lowest BCUT2D eigenvalue weighted by molar-refractivity contribution is 0.598. The quantitative estimate of drug-likeness (QED) is 0.488. The van der Waals surface area contributed by atoms with E-state index < -0.39 is 25.9 Å². The van der Waals surface area contributed by atoms with E-state index in [2.05, 4.69) is 9.44 Å². The summed E-state index contributed by atoms with van der Waals surface area (Å²) >= 11 is 6.75. The van der Waals surface area contributed by atoms with Crippen LogP contribution in [0, 0.1) is 12.7 Å². The molecule has 0 atom stereocenters. The molecule has 0 aliphatic carbocycles. The lowest BCUT2D eigenvalue weighted by Crippen LogP contribution is -2.18. The first-order valence-electron chi connectivity index (χ1n) is 8.71. The van der Waals surface area contributed by atoms with Gasteiger partial charge in [0, 0.05) is 0 Å². The summed E-state index contributed by atoms with van der Waals surface area (Å²) in [5.41, 5.74) is 1.77. The first-order valence-corrected chi connectivity index (χ1v) is 12.9. The third-order valence-corrected chi connectivity index (χ3v) is 8.72. The van der Waals surface area contributed by atoms with Gasteiger partial charge in [-0.3, -0.25) is 9.44 Å². The Kier molecular flexibility index (Phi) is 6.42. The Labute approximate surface area is 183 Å². The minimum atomic E-state index is -4.16. The smallest absolute Gasteiger partial charge is 0.271 e. The number of halogens is 2. The minimum absolute atomic E-state index is 0.0537. The monoisotopic (exact) mass is 488 g/mol. The molecular weight excluding hydrogens is 471 g/mol. The van der Waals surface area contributed by atoms with E-state index in [9.17, 15) is 21.2 Å². The average molecular weight is 489 g/mol. The van der Waals surface area contributed by atoms with Crippen molar-refractivity contribution >= 4 is 54.4 Å². The van der Waals surface area contributed by atoms with Crippen molar-refractivity contribution in [1.29, 1.82) is 0 Å². The number of benzene rings is 2. The van der Waals surface area contributed by atoms with Gasteiger partial charge in [-0.2, -0.15) is 0 Å². The lowest BCUT2D eigenvalue weighted by atomic mass is 10.0. The Morgan fingerprint density at radius 1 is 1.00 bits per heavy atom. The lowest BCUT2D eigenvalue weighted by Gasteiger charge is -2.17. The summed E-state index contributed by atoms with van der Waals surface area (Å²) in [4.78, 5) is -0.250. The van der Waals surface area contributed by atoms with Crippen molar-refractivity contribution < 1.29 is 21.2 Å². The molecule has 2 N–H and O–H groups in total. The standard InChI is InChI=1S/C19H18ClFN2O4S3/c1-3-13-10-18(22-29(24,25)14-6-7-16(21)15(20)11-14)17(9-12(13)2)23-30(26,27)19-5-4-8-28-19/h4-11,22-23H,3H2,1-2H3. The van der Waals surface area contributed by atoms with Crippen LogP contribution in [0.5, 0.6) is 0 Å². The van der Waals surface area contributed by atoms with Crippen LogP contribution in [-0.4, -0.2) is 16.8 Å². The zero-order valence-electron chi connectivity index (χ0n) is 15.9. The van der Waals surface area contributed by atoms with Crippen LogP contribution >= 0.6 is 22.9 Å². The van der Waals surface area contributed by atoms with Crippen molar-refractivity contribution in [1.82, 2.24) is 0 Å². The first-order chi connectivity index (χ1) is 14.0. The van der Waals surface area contributed by atoms with E-state index in [-0.39, 0.29) is 25.5 Å². The molecule has 11 heteroatoms. The summed E-state index contributed by atoms with van der Waals surface area (Å²) in [6.45, 7) is 3.70. The predicted molar refractivity (Wildman–Crippen MR) is 118 cm³/mol. The maximum atomic E-state index is 13.4. The Bertz CT molecular complexity index is 1290. The minimum Gasteiger partial charge on any atom is -0.277 e. The van der Waals surface area contributed by atoms with Crippen molar-refractivity contribution in [3.8, 4) is 0 Å². The van der Waals surface area contributed by atoms with E-state index in [1.165, 1.54) is 6.07 Å². The molecule has 0 fully saturated rings. The summed E-state index contributed by atoms with van der Waals surface area (Å²) in [6, 6.07) is 9.21. The fourth-order valence-electron chi connectivity index (χ4n) is 2.76. The molecule has 0 bridgehead atoms. The molecule has 6 nitrogen and oxygen atoms in total. The fourth-order valence-corrected chi connectivity index (χ4v) is 6.17. The molecule has 160 valence electrons. The Balaban J connectivity index is 2.05. The number of thiophene rings is 1. The second-order valence-corrected chi connectivity index (χ2v) is 11.3. The second kappa shape index (κ2) is 8.54. The molecule has 0 aliphatic heterocycles. The van der Waals surface area contributed by atoms with Crippen molar-refractivity contribution in [3.63, 3.8) is 0 Å². The van der Waals surface area contributed by atoms with Crippen molar-refractivity contribution in [2.24, 2.45) is 0 Å². The van der Waals surface area contributed by atoms with E-state index in [0.717, 1.165) is 40.7 Å². The molecule has 3 rings (SSSR count). The van der Waals surface area contributed by atoms with Crippen molar-refractivity contribution in [2.75, 3.05) is 9.44 Å². The van der Waals surface area contributed by atoms with Crippen molar-refractivity contribution in [3.05, 3.63) is 69.8 Å². The van der Waals surface area contributed by atoms with Gasteiger partial charge in [0.05, 0.1) is 21.3 Å². The number of hydrogen-bond donors (Lipinski definition) is 2. The number of sulfonamides is 2. The highest BCUT2D eigenvalue weighted by Gasteiger charge is 2.22. The molecule has 0 radical (unpaired) electrons. The van der Waals surface area contributed by atoms with Crippen LogP contribution in [0.4, 0.5) is 15.8 Å². The molecule has 0 spiro atoms. The van der Waals surface area contributed by atoms with Crippen LogP contribution in [0.2, 0.25) is 5.02 Å². The maximum Gasteiger partial charge on any atom is 0.271 e. The number of hydrogen-bond acceptors (Lipinski definition) is 5. The molecule has 0 saturated carbocycles. The van der Waals surface area contributed by atoms with E-state index in [1.807, 2.05) is 6.92 Å². The fraction of sp³-hybridized carbons (Fsp3) is 0.158. The van der Waals surface area contributed by atoms with Crippen LogP contribution in [0.3, 0.4) is 0 Å². The molecule has 0 amide bonds. The van der Waals surface area contributed by atoms with E-state index in [1.54, 1.807) is 30.5 Å². The highest BCUT2D eigenvalue weighted by Crippen LogP contribution is 2.32. The van der Waals surface area contributed by atoms with Crippen LogP contribution in [-0.2, 0) is 26.5 Å². The molecule has 0 saturated heterocycles. The molecule has 3 aromatic rings. The van der Waals surface area contributed by atoms with Gasteiger partial charge >= 0.3 is 0 Å². The topological polar surface area (TPSA) is 92.3 Å². The largest absolute Gasteiger partial charge is 0.277 e. The van der Waals surface area contributed by atoms with Gasteiger partial charge in [-0.1, -0.05) is 24.6 Å². The van der Waals surface area contributed by atoms with Gasteiger partial charge in [-0.25, -0.2) is 21.2 Å². The SMILES string of the molecule is CCc1cc(NS(=O)(=O)c2ccc(F)c(Cl)c2)c(NS(=O)(=O)c2cccs2)cc1C. The van der Waals surface area contributed by atoms with E-state index in [4.69, 9.17) is 11.6 Å². The Morgan fingerprint density at radius 2 is 1.67 bits per heavy atom. The number of rotatable bonds is 7. The zero-order valence-corrected chi connectivity index (χ0v) is 19.1. The van der Waals surface area contributed by atoms with Crippen LogP contribution in [0.25, 0.3) is 0 Å². The number of nitrogens with one attached hydrogen (secondary N) is 2. The van der Waals surface area contributed by atoms with Gasteiger partial charge in [0.1, 0.15) is 10.0 Å². The molecular formula is C19H18ClFN2O4S3. The van der Waals surface area contributed by atoms with Gasteiger partial charge in [-0.15, -0.1) is 11.3 Å². The molecule has 2 aromatic carbocycles. The van der Waals surface area contributed by atoms with Gasteiger partial charge in [0.15, 0.2) is 0 Å².